The molecular weight excluding hydrogens is 280 g/mol. The highest BCUT2D eigenvalue weighted by Gasteiger charge is 2.31. The van der Waals surface area contributed by atoms with Gasteiger partial charge in [-0.3, -0.25) is 0 Å². The molecule has 0 bridgehead atoms. The van der Waals surface area contributed by atoms with E-state index in [0.29, 0.717) is 19.0 Å². The largest absolute Gasteiger partial charge is 0.388 e. The fourth-order valence-electron chi connectivity index (χ4n) is 3.84. The maximum absolute atomic E-state index is 11.8. The van der Waals surface area contributed by atoms with Gasteiger partial charge in [0.25, 0.3) is 0 Å². The molecule has 3 N–H and O–H groups in total. The zero-order valence-corrected chi connectivity index (χ0v) is 13.9. The van der Waals surface area contributed by atoms with Crippen molar-refractivity contribution in [3.63, 3.8) is 0 Å². The van der Waals surface area contributed by atoms with E-state index in [1.807, 2.05) is 6.92 Å². The Labute approximate surface area is 134 Å². The molecule has 2 aliphatic carbocycles. The number of ether oxygens (including phenoxy) is 1. The summed E-state index contributed by atoms with van der Waals surface area (Å²) in [6, 6.07) is -0.179. The Morgan fingerprint density at radius 1 is 1.23 bits per heavy atom. The first-order chi connectivity index (χ1) is 10.6. The number of nitrogens with one attached hydrogen (secondary N) is 2. The number of hydrogen-bond acceptors (Lipinski definition) is 3. The molecule has 0 aromatic heterocycles. The first-order valence-electron chi connectivity index (χ1n) is 8.99. The van der Waals surface area contributed by atoms with Gasteiger partial charge < -0.3 is 20.5 Å². The Morgan fingerprint density at radius 2 is 1.91 bits per heavy atom. The van der Waals surface area contributed by atoms with Crippen LogP contribution in [0.25, 0.3) is 0 Å². The Bertz CT molecular complexity index is 337. The summed E-state index contributed by atoms with van der Waals surface area (Å²) < 4.78 is 5.85. The van der Waals surface area contributed by atoms with E-state index in [2.05, 4.69) is 10.6 Å². The van der Waals surface area contributed by atoms with E-state index in [1.54, 1.807) is 0 Å². The summed E-state index contributed by atoms with van der Waals surface area (Å²) in [5.41, 5.74) is -0.685. The van der Waals surface area contributed by atoms with Gasteiger partial charge in [-0.2, -0.15) is 0 Å². The minimum Gasteiger partial charge on any atom is -0.388 e. The fourth-order valence-corrected chi connectivity index (χ4v) is 3.84. The second-order valence-corrected chi connectivity index (χ2v) is 6.87. The summed E-state index contributed by atoms with van der Waals surface area (Å²) in [5.74, 6) is 0.656. The van der Waals surface area contributed by atoms with Gasteiger partial charge in [0, 0.05) is 19.7 Å². The van der Waals surface area contributed by atoms with Crippen LogP contribution in [0.4, 0.5) is 4.79 Å². The van der Waals surface area contributed by atoms with Gasteiger partial charge >= 0.3 is 6.03 Å². The van der Waals surface area contributed by atoms with Crippen LogP contribution in [0.15, 0.2) is 0 Å². The van der Waals surface area contributed by atoms with Gasteiger partial charge in [-0.1, -0.05) is 25.7 Å². The van der Waals surface area contributed by atoms with E-state index in [1.165, 1.54) is 25.7 Å². The van der Waals surface area contributed by atoms with Gasteiger partial charge in [-0.15, -0.1) is 0 Å². The van der Waals surface area contributed by atoms with Gasteiger partial charge in [-0.05, 0) is 44.9 Å². The maximum Gasteiger partial charge on any atom is 0.314 e. The minimum atomic E-state index is -0.685. The lowest BCUT2D eigenvalue weighted by Gasteiger charge is -2.24. The standard InChI is InChI=1S/C17H32N2O3/c1-2-22-15(14-7-3-4-8-14)9-12-18-16(20)19-13-17(21)10-5-6-11-17/h14-15,21H,2-13H2,1H3,(H2,18,19,20). The lowest BCUT2D eigenvalue weighted by Crippen LogP contribution is -2.45. The zero-order chi connectivity index (χ0) is 15.8. The van der Waals surface area contributed by atoms with Crippen LogP contribution in [-0.4, -0.2) is 42.5 Å². The highest BCUT2D eigenvalue weighted by atomic mass is 16.5. The summed E-state index contributed by atoms with van der Waals surface area (Å²) in [6.07, 6.45) is 9.95. The number of aliphatic hydroxyl groups is 1. The smallest absolute Gasteiger partial charge is 0.314 e. The third-order valence-corrected chi connectivity index (χ3v) is 5.13. The number of carbonyl (C=O) groups excluding carboxylic acids is 1. The van der Waals surface area contributed by atoms with Crippen LogP contribution in [0.2, 0.25) is 0 Å². The highest BCUT2D eigenvalue weighted by Crippen LogP contribution is 2.30. The molecule has 0 aliphatic heterocycles. The molecule has 22 heavy (non-hydrogen) atoms. The van der Waals surface area contributed by atoms with Crippen molar-refractivity contribution >= 4 is 6.03 Å². The molecular formula is C17H32N2O3. The molecule has 2 aliphatic rings. The minimum absolute atomic E-state index is 0.179. The molecule has 5 heteroatoms. The molecule has 1 atom stereocenters. The third-order valence-electron chi connectivity index (χ3n) is 5.13. The Morgan fingerprint density at radius 3 is 2.55 bits per heavy atom. The summed E-state index contributed by atoms with van der Waals surface area (Å²) in [6.45, 7) is 3.76. The molecule has 0 radical (unpaired) electrons. The molecule has 0 heterocycles. The second kappa shape index (κ2) is 8.73. The summed E-state index contributed by atoms with van der Waals surface area (Å²) in [5, 5.41) is 15.9. The van der Waals surface area contributed by atoms with Gasteiger partial charge in [0.1, 0.15) is 0 Å². The maximum atomic E-state index is 11.8. The van der Waals surface area contributed by atoms with Gasteiger partial charge in [0.15, 0.2) is 0 Å². The molecule has 2 saturated carbocycles. The molecule has 0 saturated heterocycles. The molecule has 0 spiro atoms. The van der Waals surface area contributed by atoms with E-state index < -0.39 is 5.60 Å². The summed E-state index contributed by atoms with van der Waals surface area (Å²) in [7, 11) is 0. The van der Waals surface area contributed by atoms with Crippen LogP contribution < -0.4 is 10.6 Å². The monoisotopic (exact) mass is 312 g/mol. The van der Waals surface area contributed by atoms with Gasteiger partial charge in [0.2, 0.25) is 0 Å². The lowest BCUT2D eigenvalue weighted by atomic mass is 9.98. The highest BCUT2D eigenvalue weighted by molar-refractivity contribution is 5.73. The van der Waals surface area contributed by atoms with Crippen molar-refractivity contribution in [3.05, 3.63) is 0 Å². The van der Waals surface area contributed by atoms with Crippen LogP contribution in [0, 0.1) is 5.92 Å². The third kappa shape index (κ3) is 5.43. The predicted octanol–water partition coefficient (Wildman–Crippen LogP) is 2.58. The normalized spacial score (nSPS) is 22.6. The van der Waals surface area contributed by atoms with E-state index in [-0.39, 0.29) is 12.1 Å². The molecule has 128 valence electrons. The van der Waals surface area contributed by atoms with Crippen molar-refractivity contribution in [3.8, 4) is 0 Å². The molecule has 2 amide bonds. The first kappa shape index (κ1) is 17.5. The average molecular weight is 312 g/mol. The van der Waals surface area contributed by atoms with Crippen LogP contribution in [0.1, 0.15) is 64.7 Å². The van der Waals surface area contributed by atoms with Crippen molar-refractivity contribution in [2.24, 2.45) is 5.92 Å². The fraction of sp³-hybridized carbons (Fsp3) is 0.941. The summed E-state index contributed by atoms with van der Waals surface area (Å²) in [4.78, 5) is 11.8. The van der Waals surface area contributed by atoms with Gasteiger partial charge in [-0.25, -0.2) is 4.79 Å². The van der Waals surface area contributed by atoms with E-state index in [4.69, 9.17) is 4.74 Å². The number of hydrogen-bond donors (Lipinski definition) is 3. The Balaban J connectivity index is 1.62. The van der Waals surface area contributed by atoms with E-state index in [9.17, 15) is 9.90 Å². The van der Waals surface area contributed by atoms with Crippen LogP contribution >= 0.6 is 0 Å². The second-order valence-electron chi connectivity index (χ2n) is 6.87. The molecule has 0 aromatic carbocycles. The van der Waals surface area contributed by atoms with Crippen molar-refractivity contribution in [2.45, 2.75) is 76.4 Å². The number of amides is 2. The average Bonchev–Trinajstić information content (AvgIpc) is 3.16. The molecule has 2 rings (SSSR count). The SMILES string of the molecule is CCOC(CCNC(=O)NCC1(O)CCCC1)C1CCCC1. The topological polar surface area (TPSA) is 70.6 Å². The van der Waals surface area contributed by atoms with E-state index >= 15 is 0 Å². The van der Waals surface area contributed by atoms with Crippen molar-refractivity contribution in [1.82, 2.24) is 10.6 Å². The zero-order valence-electron chi connectivity index (χ0n) is 13.9. The first-order valence-corrected chi connectivity index (χ1v) is 8.99. The van der Waals surface area contributed by atoms with Crippen LogP contribution in [-0.2, 0) is 4.74 Å². The number of urea groups is 1. The van der Waals surface area contributed by atoms with Crippen LogP contribution in [0.5, 0.6) is 0 Å². The van der Waals surface area contributed by atoms with Crippen LogP contribution in [0.3, 0.4) is 0 Å². The lowest BCUT2D eigenvalue weighted by molar-refractivity contribution is 0.0166. The summed E-state index contributed by atoms with van der Waals surface area (Å²) >= 11 is 0. The molecule has 2 fully saturated rings. The molecule has 0 aromatic rings. The van der Waals surface area contributed by atoms with Gasteiger partial charge in [0.05, 0.1) is 11.7 Å². The van der Waals surface area contributed by atoms with Crippen molar-refractivity contribution < 1.29 is 14.6 Å². The number of carbonyl (C=O) groups is 1. The van der Waals surface area contributed by atoms with Crippen molar-refractivity contribution in [1.29, 1.82) is 0 Å². The number of rotatable bonds is 8. The molecule has 1 unspecified atom stereocenters. The Hall–Kier alpha value is -0.810. The van der Waals surface area contributed by atoms with Crippen molar-refractivity contribution in [2.75, 3.05) is 19.7 Å². The quantitative estimate of drug-likeness (QED) is 0.645. The van der Waals surface area contributed by atoms with E-state index in [0.717, 1.165) is 38.7 Å². The predicted molar refractivity (Wildman–Crippen MR) is 86.8 cm³/mol. The Kier molecular flexibility index (Phi) is 6.96. The molecule has 5 nitrogen and oxygen atoms in total.